The third-order valence-corrected chi connectivity index (χ3v) is 5.93. The number of nitrogens with zero attached hydrogens (tertiary/aromatic N) is 3. The highest BCUT2D eigenvalue weighted by atomic mass is 35.5. The number of carbonyl (C=O) groups excluding carboxylic acids is 1. The number of benzene rings is 2. The Labute approximate surface area is 194 Å². The Morgan fingerprint density at radius 3 is 2.74 bits per heavy atom. The summed E-state index contributed by atoms with van der Waals surface area (Å²) in [6, 6.07) is 9.27. The van der Waals surface area contributed by atoms with Crippen molar-refractivity contribution < 1.29 is 13.9 Å². The minimum Gasteiger partial charge on any atom is -0.481 e. The summed E-state index contributed by atoms with van der Waals surface area (Å²) in [5.74, 6) is 0.475. The Morgan fingerprint density at radius 1 is 1.26 bits per heavy atom. The summed E-state index contributed by atoms with van der Waals surface area (Å²) < 4.78 is 21.0. The number of rotatable bonds is 8. The Hall–Kier alpha value is -2.29. The van der Waals surface area contributed by atoms with Crippen molar-refractivity contribution in [2.24, 2.45) is 0 Å². The van der Waals surface area contributed by atoms with Gasteiger partial charge >= 0.3 is 0 Å². The summed E-state index contributed by atoms with van der Waals surface area (Å²) in [5, 5.41) is 12.6. The molecule has 3 aromatic rings. The van der Waals surface area contributed by atoms with E-state index in [2.05, 4.69) is 15.5 Å². The second-order valence-electron chi connectivity index (χ2n) is 6.72. The summed E-state index contributed by atoms with van der Waals surface area (Å²) in [4.78, 5) is 12.4. The van der Waals surface area contributed by atoms with Gasteiger partial charge in [-0.3, -0.25) is 4.79 Å². The molecule has 0 spiro atoms. The molecule has 164 valence electrons. The standard InChI is InChI=1S/C21H21Cl2FN4O2S/c1-4-28-20(13(3)30-18-8-7-15(24)10-16(18)23)26-27-21(28)31-11-19(29)25-17-9-14(22)6-5-12(17)2/h5-10,13H,4,11H2,1-3H3,(H,25,29). The molecule has 1 aromatic heterocycles. The third kappa shape index (κ3) is 5.90. The van der Waals surface area contributed by atoms with Crippen LogP contribution in [-0.2, 0) is 11.3 Å². The molecule has 1 unspecified atom stereocenters. The van der Waals surface area contributed by atoms with Crippen LogP contribution in [0.1, 0.15) is 31.3 Å². The zero-order chi connectivity index (χ0) is 22.5. The van der Waals surface area contributed by atoms with Crippen LogP contribution in [0, 0.1) is 12.7 Å². The molecule has 0 aliphatic heterocycles. The highest BCUT2D eigenvalue weighted by Gasteiger charge is 2.20. The number of amides is 1. The molecular formula is C21H21Cl2FN4O2S. The molecule has 1 heterocycles. The van der Waals surface area contributed by atoms with Crippen LogP contribution < -0.4 is 10.1 Å². The van der Waals surface area contributed by atoms with Crippen LogP contribution in [0.3, 0.4) is 0 Å². The van der Waals surface area contributed by atoms with Crippen molar-refractivity contribution in [1.82, 2.24) is 14.8 Å². The van der Waals surface area contributed by atoms with E-state index in [-0.39, 0.29) is 16.7 Å². The van der Waals surface area contributed by atoms with Gasteiger partial charge in [0.25, 0.3) is 0 Å². The third-order valence-electron chi connectivity index (χ3n) is 4.43. The lowest BCUT2D eigenvalue weighted by atomic mass is 10.2. The molecule has 1 atom stereocenters. The summed E-state index contributed by atoms with van der Waals surface area (Å²) in [6.45, 7) is 6.24. The predicted molar refractivity (Wildman–Crippen MR) is 122 cm³/mol. The van der Waals surface area contributed by atoms with Gasteiger partial charge in [-0.1, -0.05) is 41.0 Å². The minimum absolute atomic E-state index is 0.156. The maximum atomic E-state index is 13.3. The lowest BCUT2D eigenvalue weighted by molar-refractivity contribution is -0.113. The molecule has 0 bridgehead atoms. The molecule has 6 nitrogen and oxygen atoms in total. The van der Waals surface area contributed by atoms with Crippen LogP contribution in [0.15, 0.2) is 41.6 Å². The van der Waals surface area contributed by atoms with E-state index in [4.69, 9.17) is 27.9 Å². The molecule has 3 rings (SSSR count). The van der Waals surface area contributed by atoms with Gasteiger partial charge in [0.15, 0.2) is 17.1 Å². The van der Waals surface area contributed by atoms with Crippen LogP contribution in [-0.4, -0.2) is 26.4 Å². The molecule has 0 radical (unpaired) electrons. The van der Waals surface area contributed by atoms with Gasteiger partial charge in [-0.05, 0) is 56.7 Å². The summed E-state index contributed by atoms with van der Waals surface area (Å²) in [6.07, 6.45) is -0.479. The van der Waals surface area contributed by atoms with E-state index in [9.17, 15) is 9.18 Å². The fourth-order valence-electron chi connectivity index (χ4n) is 2.86. The van der Waals surface area contributed by atoms with Crippen molar-refractivity contribution in [3.8, 4) is 5.75 Å². The SMILES string of the molecule is CCn1c(SCC(=O)Nc2cc(Cl)ccc2C)nnc1C(C)Oc1ccc(F)cc1Cl. The zero-order valence-electron chi connectivity index (χ0n) is 17.2. The average Bonchev–Trinajstić information content (AvgIpc) is 3.14. The molecule has 1 N–H and O–H groups in total. The monoisotopic (exact) mass is 482 g/mol. The molecule has 0 saturated carbocycles. The fraction of sp³-hybridized carbons (Fsp3) is 0.286. The van der Waals surface area contributed by atoms with Gasteiger partial charge < -0.3 is 14.6 Å². The highest BCUT2D eigenvalue weighted by Crippen LogP contribution is 2.30. The zero-order valence-corrected chi connectivity index (χ0v) is 19.5. The van der Waals surface area contributed by atoms with E-state index < -0.39 is 11.9 Å². The summed E-state index contributed by atoms with van der Waals surface area (Å²) in [5.41, 5.74) is 1.60. The molecule has 0 aliphatic rings. The van der Waals surface area contributed by atoms with Crippen molar-refractivity contribution in [3.05, 3.63) is 63.6 Å². The molecule has 10 heteroatoms. The van der Waals surface area contributed by atoms with Crippen LogP contribution in [0.4, 0.5) is 10.1 Å². The number of aromatic nitrogens is 3. The van der Waals surface area contributed by atoms with E-state index in [1.54, 1.807) is 19.1 Å². The second-order valence-corrected chi connectivity index (χ2v) is 8.50. The van der Waals surface area contributed by atoms with Crippen molar-refractivity contribution >= 4 is 46.6 Å². The number of hydrogen-bond acceptors (Lipinski definition) is 5. The maximum absolute atomic E-state index is 13.3. The molecule has 0 saturated heterocycles. The van der Waals surface area contributed by atoms with Crippen molar-refractivity contribution in [3.63, 3.8) is 0 Å². The van der Waals surface area contributed by atoms with Gasteiger partial charge in [-0.25, -0.2) is 4.39 Å². The van der Waals surface area contributed by atoms with Gasteiger partial charge in [-0.2, -0.15) is 0 Å². The molecule has 0 aliphatic carbocycles. The Morgan fingerprint density at radius 2 is 2.03 bits per heavy atom. The van der Waals surface area contributed by atoms with Gasteiger partial charge in [0.2, 0.25) is 5.91 Å². The first-order chi connectivity index (χ1) is 14.8. The summed E-state index contributed by atoms with van der Waals surface area (Å²) in [7, 11) is 0. The van der Waals surface area contributed by atoms with Crippen molar-refractivity contribution in [2.75, 3.05) is 11.1 Å². The highest BCUT2D eigenvalue weighted by molar-refractivity contribution is 7.99. The molecule has 1 amide bonds. The topological polar surface area (TPSA) is 69.0 Å². The minimum atomic E-state index is -0.479. The molecule has 2 aromatic carbocycles. The number of thioether (sulfide) groups is 1. The van der Waals surface area contributed by atoms with E-state index >= 15 is 0 Å². The lowest BCUT2D eigenvalue weighted by Gasteiger charge is -2.16. The molecular weight excluding hydrogens is 462 g/mol. The molecule has 0 fully saturated rings. The van der Waals surface area contributed by atoms with E-state index in [1.807, 2.05) is 24.5 Å². The number of hydrogen-bond donors (Lipinski definition) is 1. The number of carbonyl (C=O) groups is 1. The van der Waals surface area contributed by atoms with Gasteiger partial charge in [0, 0.05) is 17.3 Å². The van der Waals surface area contributed by atoms with Crippen molar-refractivity contribution in [1.29, 1.82) is 0 Å². The quantitative estimate of drug-likeness (QED) is 0.403. The smallest absolute Gasteiger partial charge is 0.234 e. The first-order valence-corrected chi connectivity index (χ1v) is 11.3. The van der Waals surface area contributed by atoms with Crippen LogP contribution in [0.25, 0.3) is 0 Å². The average molecular weight is 483 g/mol. The summed E-state index contributed by atoms with van der Waals surface area (Å²) >= 11 is 13.3. The lowest BCUT2D eigenvalue weighted by Crippen LogP contribution is -2.16. The van der Waals surface area contributed by atoms with Gasteiger partial charge in [0.05, 0.1) is 10.8 Å². The van der Waals surface area contributed by atoms with E-state index in [1.165, 1.54) is 30.0 Å². The van der Waals surface area contributed by atoms with Gasteiger partial charge in [0.1, 0.15) is 11.6 Å². The van der Waals surface area contributed by atoms with Crippen LogP contribution >= 0.6 is 35.0 Å². The Bertz CT molecular complexity index is 1090. The van der Waals surface area contributed by atoms with Gasteiger partial charge in [-0.15, -0.1) is 10.2 Å². The molecule has 31 heavy (non-hydrogen) atoms. The van der Waals surface area contributed by atoms with Crippen LogP contribution in [0.2, 0.25) is 10.0 Å². The number of aryl methyl sites for hydroxylation is 1. The largest absolute Gasteiger partial charge is 0.481 e. The number of ether oxygens (including phenoxy) is 1. The van der Waals surface area contributed by atoms with Crippen molar-refractivity contribution in [2.45, 2.75) is 38.6 Å². The predicted octanol–water partition coefficient (Wildman–Crippen LogP) is 5.92. The number of anilines is 1. The number of nitrogens with one attached hydrogen (secondary N) is 1. The van der Waals surface area contributed by atoms with E-state index in [0.29, 0.717) is 34.0 Å². The Balaban J connectivity index is 1.66. The Kier molecular flexibility index (Phi) is 7.80. The normalized spacial score (nSPS) is 11.9. The maximum Gasteiger partial charge on any atom is 0.234 e. The fourth-order valence-corrected chi connectivity index (χ4v) is 4.06. The van der Waals surface area contributed by atoms with E-state index in [0.717, 1.165) is 5.56 Å². The number of halogens is 3. The second kappa shape index (κ2) is 10.3. The van der Waals surface area contributed by atoms with Crippen LogP contribution in [0.5, 0.6) is 5.75 Å². The first-order valence-electron chi connectivity index (χ1n) is 9.52. The first kappa shape index (κ1) is 23.4.